The van der Waals surface area contributed by atoms with Gasteiger partial charge in [-0.05, 0) is 19.8 Å². The number of urea groups is 1. The number of nitrogens with zero attached hydrogens (tertiary/aromatic N) is 4. The summed E-state index contributed by atoms with van der Waals surface area (Å²) in [6, 6.07) is -0.719. The SMILES string of the molecule is C=CCN1C(=O)C(C/C(C)=N/N=C(N)N)C(=O)N(C2CCCCC2)C1=O. The van der Waals surface area contributed by atoms with E-state index in [1.165, 1.54) is 11.0 Å². The maximum atomic E-state index is 13.0. The van der Waals surface area contributed by atoms with Crippen molar-refractivity contribution in [3.05, 3.63) is 12.7 Å². The lowest BCUT2D eigenvalue weighted by Gasteiger charge is -2.41. The fourth-order valence-electron chi connectivity index (χ4n) is 3.41. The minimum Gasteiger partial charge on any atom is -0.369 e. The zero-order valence-corrected chi connectivity index (χ0v) is 15.1. The van der Waals surface area contributed by atoms with Crippen LogP contribution in [0.2, 0.25) is 0 Å². The highest BCUT2D eigenvalue weighted by molar-refractivity contribution is 6.17. The van der Waals surface area contributed by atoms with Gasteiger partial charge in [0, 0.05) is 24.7 Å². The monoisotopic (exact) mass is 362 g/mol. The fourth-order valence-corrected chi connectivity index (χ4v) is 3.41. The normalized spacial score (nSPS) is 22.6. The molecule has 0 aromatic carbocycles. The molecule has 142 valence electrons. The molecule has 2 fully saturated rings. The molecule has 4 N–H and O–H groups in total. The van der Waals surface area contributed by atoms with Crippen LogP contribution in [-0.2, 0) is 9.59 Å². The van der Waals surface area contributed by atoms with Gasteiger partial charge in [-0.15, -0.1) is 11.7 Å². The minimum absolute atomic E-state index is 0.0542. The van der Waals surface area contributed by atoms with E-state index < -0.39 is 23.8 Å². The third kappa shape index (κ3) is 4.27. The van der Waals surface area contributed by atoms with Crippen LogP contribution in [0.25, 0.3) is 0 Å². The number of imide groups is 2. The van der Waals surface area contributed by atoms with Gasteiger partial charge in [0.2, 0.25) is 17.8 Å². The van der Waals surface area contributed by atoms with Crippen molar-refractivity contribution in [2.75, 3.05) is 6.54 Å². The Morgan fingerprint density at radius 2 is 1.81 bits per heavy atom. The van der Waals surface area contributed by atoms with Crippen LogP contribution < -0.4 is 11.5 Å². The molecule has 4 amide bonds. The molecule has 1 unspecified atom stereocenters. The summed E-state index contributed by atoms with van der Waals surface area (Å²) in [5, 5.41) is 7.37. The number of carbonyl (C=O) groups excluding carboxylic acids is 3. The molecule has 2 rings (SSSR count). The zero-order chi connectivity index (χ0) is 19.3. The minimum atomic E-state index is -1.01. The van der Waals surface area contributed by atoms with Gasteiger partial charge < -0.3 is 11.5 Å². The van der Waals surface area contributed by atoms with E-state index in [9.17, 15) is 14.4 Å². The van der Waals surface area contributed by atoms with Crippen molar-refractivity contribution >= 4 is 29.5 Å². The van der Waals surface area contributed by atoms with Gasteiger partial charge in [0.1, 0.15) is 5.92 Å². The topological polar surface area (TPSA) is 134 Å². The first-order valence-corrected chi connectivity index (χ1v) is 8.78. The Kier molecular flexibility index (Phi) is 6.48. The Hall–Kier alpha value is -2.71. The van der Waals surface area contributed by atoms with E-state index in [0.717, 1.165) is 37.0 Å². The molecule has 1 heterocycles. The van der Waals surface area contributed by atoms with Gasteiger partial charge in [0.05, 0.1) is 0 Å². The van der Waals surface area contributed by atoms with Gasteiger partial charge in [-0.2, -0.15) is 5.10 Å². The van der Waals surface area contributed by atoms with Crippen molar-refractivity contribution in [1.82, 2.24) is 9.80 Å². The lowest BCUT2D eigenvalue weighted by Crippen LogP contribution is -2.62. The molecular weight excluding hydrogens is 336 g/mol. The van der Waals surface area contributed by atoms with Crippen molar-refractivity contribution in [2.24, 2.45) is 27.6 Å². The molecule has 1 atom stereocenters. The Morgan fingerprint density at radius 3 is 2.38 bits per heavy atom. The highest BCUT2D eigenvalue weighted by atomic mass is 16.2. The quantitative estimate of drug-likeness (QED) is 0.238. The van der Waals surface area contributed by atoms with Crippen molar-refractivity contribution < 1.29 is 14.4 Å². The lowest BCUT2D eigenvalue weighted by atomic mass is 9.90. The van der Waals surface area contributed by atoms with Gasteiger partial charge in [-0.3, -0.25) is 19.4 Å². The van der Waals surface area contributed by atoms with E-state index in [-0.39, 0.29) is 25.0 Å². The Labute approximate surface area is 152 Å². The van der Waals surface area contributed by atoms with E-state index >= 15 is 0 Å². The molecule has 9 nitrogen and oxygen atoms in total. The van der Waals surface area contributed by atoms with Crippen LogP contribution in [0.15, 0.2) is 22.9 Å². The van der Waals surface area contributed by atoms with Gasteiger partial charge in [-0.25, -0.2) is 4.79 Å². The molecule has 26 heavy (non-hydrogen) atoms. The predicted octanol–water partition coefficient (Wildman–Crippen LogP) is 0.952. The highest BCUT2D eigenvalue weighted by Crippen LogP contribution is 2.29. The standard InChI is InChI=1S/C17H26N6O3/c1-3-9-22-14(24)13(10-11(2)20-21-16(18)19)15(25)23(17(22)26)12-7-5-4-6-8-12/h3,12-13H,1,4-10H2,2H3,(H4,18,19,21)/b20-11+. The number of carbonyl (C=O) groups is 3. The van der Waals surface area contributed by atoms with Crippen LogP contribution in [0, 0.1) is 5.92 Å². The van der Waals surface area contributed by atoms with E-state index in [4.69, 9.17) is 11.5 Å². The van der Waals surface area contributed by atoms with Gasteiger partial charge in [-0.1, -0.05) is 25.3 Å². The second-order valence-corrected chi connectivity index (χ2v) is 6.64. The molecule has 0 radical (unpaired) electrons. The van der Waals surface area contributed by atoms with E-state index in [2.05, 4.69) is 16.8 Å². The first kappa shape index (κ1) is 19.6. The maximum absolute atomic E-state index is 13.0. The Balaban J connectivity index is 2.29. The molecule has 1 saturated carbocycles. The molecule has 2 aliphatic rings. The molecule has 1 saturated heterocycles. The molecule has 0 bridgehead atoms. The lowest BCUT2D eigenvalue weighted by molar-refractivity contribution is -0.150. The first-order valence-electron chi connectivity index (χ1n) is 8.78. The van der Waals surface area contributed by atoms with Crippen LogP contribution in [0.5, 0.6) is 0 Å². The third-order valence-electron chi connectivity index (χ3n) is 4.62. The Morgan fingerprint density at radius 1 is 1.15 bits per heavy atom. The maximum Gasteiger partial charge on any atom is 0.333 e. The van der Waals surface area contributed by atoms with Crippen molar-refractivity contribution in [2.45, 2.75) is 51.5 Å². The number of rotatable bonds is 6. The van der Waals surface area contributed by atoms with Crippen molar-refractivity contribution in [1.29, 1.82) is 0 Å². The number of barbiturate groups is 1. The second kappa shape index (κ2) is 8.59. The highest BCUT2D eigenvalue weighted by Gasteiger charge is 2.47. The Bertz CT molecular complexity index is 647. The molecule has 1 aliphatic carbocycles. The molecule has 1 aliphatic heterocycles. The van der Waals surface area contributed by atoms with Crippen LogP contribution in [0.4, 0.5) is 4.79 Å². The summed E-state index contributed by atoms with van der Waals surface area (Å²) >= 11 is 0. The summed E-state index contributed by atoms with van der Waals surface area (Å²) in [6.45, 7) is 5.29. The molecule has 0 aromatic heterocycles. The number of hydrogen-bond acceptors (Lipinski definition) is 5. The number of hydrogen-bond donors (Lipinski definition) is 2. The predicted molar refractivity (Wildman–Crippen MR) is 98.1 cm³/mol. The van der Waals surface area contributed by atoms with Crippen LogP contribution in [0.3, 0.4) is 0 Å². The summed E-state index contributed by atoms with van der Waals surface area (Å²) in [5.74, 6) is -2.22. The summed E-state index contributed by atoms with van der Waals surface area (Å²) in [6.07, 6.45) is 6.08. The molecule has 0 spiro atoms. The number of nitrogens with two attached hydrogens (primary N) is 2. The van der Waals surface area contributed by atoms with Crippen molar-refractivity contribution in [3.8, 4) is 0 Å². The fraction of sp³-hybridized carbons (Fsp3) is 0.588. The largest absolute Gasteiger partial charge is 0.369 e. The van der Waals surface area contributed by atoms with E-state index in [1.54, 1.807) is 6.92 Å². The summed E-state index contributed by atoms with van der Waals surface area (Å²) < 4.78 is 0. The van der Waals surface area contributed by atoms with Gasteiger partial charge in [0.15, 0.2) is 0 Å². The third-order valence-corrected chi connectivity index (χ3v) is 4.62. The average Bonchev–Trinajstić information content (AvgIpc) is 2.61. The molecular formula is C17H26N6O3. The summed E-state index contributed by atoms with van der Waals surface area (Å²) in [5.41, 5.74) is 10.9. The van der Waals surface area contributed by atoms with Crippen LogP contribution in [0.1, 0.15) is 45.4 Å². The zero-order valence-electron chi connectivity index (χ0n) is 15.1. The number of guanidine groups is 1. The second-order valence-electron chi connectivity index (χ2n) is 6.64. The van der Waals surface area contributed by atoms with Crippen LogP contribution >= 0.6 is 0 Å². The first-order chi connectivity index (χ1) is 12.4. The van der Waals surface area contributed by atoms with Crippen LogP contribution in [-0.4, -0.2) is 51.9 Å². The molecule has 0 aromatic rings. The number of amides is 4. The summed E-state index contributed by atoms with van der Waals surface area (Å²) in [7, 11) is 0. The van der Waals surface area contributed by atoms with E-state index in [1.807, 2.05) is 0 Å². The van der Waals surface area contributed by atoms with Crippen molar-refractivity contribution in [3.63, 3.8) is 0 Å². The van der Waals surface area contributed by atoms with E-state index in [0.29, 0.717) is 5.71 Å². The van der Waals surface area contributed by atoms with Gasteiger partial charge >= 0.3 is 6.03 Å². The van der Waals surface area contributed by atoms with Gasteiger partial charge in [0.25, 0.3) is 0 Å². The smallest absolute Gasteiger partial charge is 0.333 e. The molecule has 9 heteroatoms. The summed E-state index contributed by atoms with van der Waals surface area (Å²) in [4.78, 5) is 40.8. The average molecular weight is 362 g/mol.